The first-order chi connectivity index (χ1) is 11.7. The molecule has 0 unspecified atom stereocenters. The smallest absolute Gasteiger partial charge is 0.240 e. The lowest BCUT2D eigenvalue weighted by atomic mass is 9.49. The van der Waals surface area contributed by atoms with E-state index in [0.717, 1.165) is 23.3 Å². The maximum atomic E-state index is 12.3. The van der Waals surface area contributed by atoms with Crippen LogP contribution in [0.25, 0.3) is 6.08 Å². The van der Waals surface area contributed by atoms with Gasteiger partial charge in [-0.1, -0.05) is 36.4 Å². The third-order valence-corrected chi connectivity index (χ3v) is 6.14. The Morgan fingerprint density at radius 1 is 1.08 bits per heavy atom. The van der Waals surface area contributed by atoms with Gasteiger partial charge in [0.1, 0.15) is 0 Å². The second kappa shape index (κ2) is 6.54. The Labute approximate surface area is 144 Å². The minimum absolute atomic E-state index is 0.0845. The zero-order valence-electron chi connectivity index (χ0n) is 14.2. The number of rotatable bonds is 5. The molecule has 3 nitrogen and oxygen atoms in total. The molecule has 0 atom stereocenters. The molecule has 4 bridgehead atoms. The highest BCUT2D eigenvalue weighted by Gasteiger charge is 2.51. The predicted molar refractivity (Wildman–Crippen MR) is 97.3 cm³/mol. The molecule has 1 aromatic rings. The lowest BCUT2D eigenvalue weighted by molar-refractivity contribution is -0.129. The van der Waals surface area contributed by atoms with Gasteiger partial charge in [-0.05, 0) is 73.3 Å². The van der Waals surface area contributed by atoms with Gasteiger partial charge in [-0.3, -0.25) is 4.79 Å². The Morgan fingerprint density at radius 3 is 2.33 bits per heavy atom. The van der Waals surface area contributed by atoms with Gasteiger partial charge in [-0.15, -0.1) is 0 Å². The fourth-order valence-corrected chi connectivity index (χ4v) is 5.76. The molecule has 5 rings (SSSR count). The number of amides is 1. The van der Waals surface area contributed by atoms with Crippen molar-refractivity contribution >= 4 is 18.2 Å². The molecule has 126 valence electrons. The topological polar surface area (TPSA) is 41.5 Å². The molecule has 0 aliphatic heterocycles. The van der Waals surface area contributed by atoms with Crippen molar-refractivity contribution in [1.82, 2.24) is 5.43 Å². The predicted octanol–water partition coefficient (Wildman–Crippen LogP) is 4.41. The van der Waals surface area contributed by atoms with E-state index in [1.807, 2.05) is 42.5 Å². The molecule has 4 fully saturated rings. The van der Waals surface area contributed by atoms with Gasteiger partial charge in [0.15, 0.2) is 0 Å². The first-order valence-corrected chi connectivity index (χ1v) is 9.24. The van der Waals surface area contributed by atoms with Gasteiger partial charge in [0.2, 0.25) is 5.91 Å². The fraction of sp³-hybridized carbons (Fsp3) is 0.524. The molecule has 1 N–H and O–H groups in total. The summed E-state index contributed by atoms with van der Waals surface area (Å²) in [4.78, 5) is 12.3. The van der Waals surface area contributed by atoms with Crippen LogP contribution in [0.5, 0.6) is 0 Å². The van der Waals surface area contributed by atoms with Gasteiger partial charge in [-0.25, -0.2) is 5.43 Å². The van der Waals surface area contributed by atoms with Crippen LogP contribution in [0.15, 0.2) is 41.5 Å². The largest absolute Gasteiger partial charge is 0.273 e. The summed E-state index contributed by atoms with van der Waals surface area (Å²) in [7, 11) is 0. The number of nitrogens with one attached hydrogen (secondary N) is 1. The average molecular weight is 322 g/mol. The second-order valence-corrected chi connectivity index (χ2v) is 8.18. The number of hydrogen-bond donors (Lipinski definition) is 1. The molecule has 24 heavy (non-hydrogen) atoms. The molecule has 0 saturated heterocycles. The maximum Gasteiger partial charge on any atom is 0.240 e. The fourth-order valence-electron chi connectivity index (χ4n) is 5.76. The van der Waals surface area contributed by atoms with Crippen LogP contribution in [0.3, 0.4) is 0 Å². The molecular weight excluding hydrogens is 296 g/mol. The van der Waals surface area contributed by atoms with Gasteiger partial charge >= 0.3 is 0 Å². The van der Waals surface area contributed by atoms with Crippen molar-refractivity contribution in [3.8, 4) is 0 Å². The van der Waals surface area contributed by atoms with Crippen LogP contribution < -0.4 is 5.43 Å². The molecular formula is C21H26N2O. The van der Waals surface area contributed by atoms with Crippen LogP contribution in [0.2, 0.25) is 0 Å². The third-order valence-electron chi connectivity index (χ3n) is 6.14. The average Bonchev–Trinajstić information content (AvgIpc) is 2.53. The van der Waals surface area contributed by atoms with Crippen molar-refractivity contribution in [1.29, 1.82) is 0 Å². The minimum Gasteiger partial charge on any atom is -0.273 e. The van der Waals surface area contributed by atoms with E-state index in [-0.39, 0.29) is 11.3 Å². The Kier molecular flexibility index (Phi) is 4.26. The van der Waals surface area contributed by atoms with Gasteiger partial charge in [0.25, 0.3) is 0 Å². The summed E-state index contributed by atoms with van der Waals surface area (Å²) in [6, 6.07) is 10.1. The molecule has 3 heteroatoms. The Balaban J connectivity index is 1.28. The lowest BCUT2D eigenvalue weighted by Gasteiger charge is -2.56. The highest BCUT2D eigenvalue weighted by Crippen LogP contribution is 2.61. The van der Waals surface area contributed by atoms with Crippen molar-refractivity contribution < 1.29 is 4.79 Å². The van der Waals surface area contributed by atoms with Crippen molar-refractivity contribution in [2.24, 2.45) is 28.3 Å². The first kappa shape index (κ1) is 15.6. The summed E-state index contributed by atoms with van der Waals surface area (Å²) in [6.07, 6.45) is 14.2. The minimum atomic E-state index is 0.0845. The van der Waals surface area contributed by atoms with Gasteiger partial charge in [0.05, 0.1) is 0 Å². The summed E-state index contributed by atoms with van der Waals surface area (Å²) in [6.45, 7) is 0. The summed E-state index contributed by atoms with van der Waals surface area (Å²) in [5.74, 6) is 2.75. The molecule has 4 aliphatic carbocycles. The molecule has 0 spiro atoms. The van der Waals surface area contributed by atoms with Gasteiger partial charge in [-0.2, -0.15) is 5.10 Å². The zero-order chi connectivity index (χ0) is 16.4. The first-order valence-electron chi connectivity index (χ1n) is 9.24. The van der Waals surface area contributed by atoms with Gasteiger partial charge < -0.3 is 0 Å². The second-order valence-electron chi connectivity index (χ2n) is 8.18. The Hall–Kier alpha value is -1.90. The van der Waals surface area contributed by atoms with Crippen LogP contribution in [0.4, 0.5) is 0 Å². The maximum absolute atomic E-state index is 12.3. The molecule has 0 radical (unpaired) electrons. The molecule has 4 aliphatic rings. The normalized spacial score (nSPS) is 34.2. The monoisotopic (exact) mass is 322 g/mol. The highest BCUT2D eigenvalue weighted by molar-refractivity contribution is 5.81. The quantitative estimate of drug-likeness (QED) is 0.633. The lowest BCUT2D eigenvalue weighted by Crippen LogP contribution is -2.47. The number of carbonyl (C=O) groups excluding carboxylic acids is 1. The van der Waals surface area contributed by atoms with Gasteiger partial charge in [0, 0.05) is 12.6 Å². The summed E-state index contributed by atoms with van der Waals surface area (Å²) >= 11 is 0. The number of hydrazone groups is 1. The molecule has 1 amide bonds. The molecule has 0 heterocycles. The Bertz CT molecular complexity index is 612. The zero-order valence-corrected chi connectivity index (χ0v) is 14.2. The number of carbonyl (C=O) groups is 1. The van der Waals surface area contributed by atoms with E-state index in [1.165, 1.54) is 38.5 Å². The Morgan fingerprint density at radius 2 is 1.71 bits per heavy atom. The number of allylic oxidation sites excluding steroid dienone is 1. The van der Waals surface area contributed by atoms with E-state index in [2.05, 4.69) is 10.5 Å². The SMILES string of the molecule is O=C(CC12CC3CC(CC(C3)C1)C2)N/N=C\C=C\c1ccccc1. The number of nitrogens with zero attached hydrogens (tertiary/aromatic N) is 1. The van der Waals surface area contributed by atoms with Crippen molar-refractivity contribution in [3.05, 3.63) is 42.0 Å². The standard InChI is InChI=1S/C21H26N2O/c24-20(23-22-8-4-7-16-5-2-1-3-6-16)15-21-12-17-9-18(13-21)11-19(10-17)14-21/h1-8,17-19H,9-15H2,(H,23,24)/b7-4+,22-8-. The van der Waals surface area contributed by atoms with Crippen LogP contribution in [0.1, 0.15) is 50.5 Å². The van der Waals surface area contributed by atoms with Crippen LogP contribution in [0, 0.1) is 23.2 Å². The summed E-state index contributed by atoms with van der Waals surface area (Å²) in [5.41, 5.74) is 4.14. The molecule has 0 aromatic heterocycles. The van der Waals surface area contributed by atoms with E-state index >= 15 is 0 Å². The number of hydrogen-bond acceptors (Lipinski definition) is 2. The van der Waals surface area contributed by atoms with E-state index < -0.39 is 0 Å². The molecule has 4 saturated carbocycles. The van der Waals surface area contributed by atoms with Crippen molar-refractivity contribution in [2.45, 2.75) is 44.9 Å². The van der Waals surface area contributed by atoms with Crippen LogP contribution in [-0.4, -0.2) is 12.1 Å². The van der Waals surface area contributed by atoms with E-state index in [0.29, 0.717) is 6.42 Å². The summed E-state index contributed by atoms with van der Waals surface area (Å²) < 4.78 is 0. The van der Waals surface area contributed by atoms with E-state index in [9.17, 15) is 4.79 Å². The van der Waals surface area contributed by atoms with Crippen molar-refractivity contribution in [3.63, 3.8) is 0 Å². The number of benzene rings is 1. The van der Waals surface area contributed by atoms with Crippen molar-refractivity contribution in [2.75, 3.05) is 0 Å². The van der Waals surface area contributed by atoms with E-state index in [4.69, 9.17) is 0 Å². The van der Waals surface area contributed by atoms with Crippen LogP contribution in [-0.2, 0) is 4.79 Å². The summed E-state index contributed by atoms with van der Waals surface area (Å²) in [5, 5.41) is 4.07. The van der Waals surface area contributed by atoms with E-state index in [1.54, 1.807) is 6.21 Å². The van der Waals surface area contributed by atoms with Crippen LogP contribution >= 0.6 is 0 Å². The molecule has 1 aromatic carbocycles. The third kappa shape index (κ3) is 3.45. The highest BCUT2D eigenvalue weighted by atomic mass is 16.2.